The van der Waals surface area contributed by atoms with Crippen LogP contribution in [0.2, 0.25) is 0 Å². The third-order valence-electron chi connectivity index (χ3n) is 4.23. The van der Waals surface area contributed by atoms with E-state index < -0.39 is 43.7 Å². The van der Waals surface area contributed by atoms with Crippen molar-refractivity contribution in [3.63, 3.8) is 0 Å². The van der Waals surface area contributed by atoms with E-state index in [0.29, 0.717) is 12.8 Å². The fourth-order valence-corrected chi connectivity index (χ4v) is 3.90. The van der Waals surface area contributed by atoms with Gasteiger partial charge in [0.2, 0.25) is 5.69 Å². The zero-order valence-electron chi connectivity index (χ0n) is 14.7. The Kier molecular flexibility index (Phi) is 4.77. The van der Waals surface area contributed by atoms with Crippen molar-refractivity contribution in [2.45, 2.75) is 23.7 Å². The number of aromatic nitrogens is 1. The number of halogens is 1. The summed E-state index contributed by atoms with van der Waals surface area (Å²) in [5, 5.41) is 3.43. The van der Waals surface area contributed by atoms with E-state index in [9.17, 15) is 22.4 Å². The normalized spacial score (nSPS) is 14.1. The molecule has 1 saturated carbocycles. The molecule has 1 aromatic heterocycles. The molecular formula is C17H16FNO7S. The molecule has 0 aliphatic heterocycles. The van der Waals surface area contributed by atoms with Crippen molar-refractivity contribution in [2.24, 2.45) is 0 Å². The minimum atomic E-state index is -4.05. The number of sulfone groups is 1. The van der Waals surface area contributed by atoms with Gasteiger partial charge in [-0.2, -0.15) is 0 Å². The molecule has 10 heteroatoms. The van der Waals surface area contributed by atoms with Gasteiger partial charge in [0, 0.05) is 11.8 Å². The fourth-order valence-electron chi connectivity index (χ4n) is 2.83. The summed E-state index contributed by atoms with van der Waals surface area (Å²) in [6, 6.07) is 1.20. The van der Waals surface area contributed by atoms with Gasteiger partial charge in [-0.3, -0.25) is 4.79 Å². The van der Waals surface area contributed by atoms with Gasteiger partial charge in [-0.05, 0) is 30.4 Å². The molecule has 8 nitrogen and oxygen atoms in total. The van der Waals surface area contributed by atoms with Crippen LogP contribution in [0.4, 0.5) is 4.39 Å². The molecule has 1 heterocycles. The number of hydrogen-bond donors (Lipinski definition) is 0. The predicted molar refractivity (Wildman–Crippen MR) is 89.3 cm³/mol. The number of ketones is 1. The van der Waals surface area contributed by atoms with E-state index in [-0.39, 0.29) is 22.6 Å². The lowest BCUT2D eigenvalue weighted by Crippen LogP contribution is -2.16. The molecular weight excluding hydrogens is 381 g/mol. The van der Waals surface area contributed by atoms with E-state index in [4.69, 9.17) is 4.74 Å². The summed E-state index contributed by atoms with van der Waals surface area (Å²) in [5.74, 6) is -3.25. The predicted octanol–water partition coefficient (Wildman–Crippen LogP) is 2.12. The molecule has 0 spiro atoms. The van der Waals surface area contributed by atoms with Crippen LogP contribution < -0.4 is 4.74 Å². The molecule has 3 rings (SSSR count). The van der Waals surface area contributed by atoms with Crippen LogP contribution in [-0.2, 0) is 14.6 Å². The lowest BCUT2D eigenvalue weighted by molar-refractivity contribution is 0.0586. The zero-order chi connectivity index (χ0) is 19.9. The lowest BCUT2D eigenvalue weighted by Gasteiger charge is -2.15. The Morgan fingerprint density at radius 2 is 1.93 bits per heavy atom. The second kappa shape index (κ2) is 6.76. The average molecular weight is 397 g/mol. The molecule has 0 atom stereocenters. The standard InChI is InChI=1S/C17H16FNO7S/c1-24-15-12(18)9(8-4-5-8)6-10(16(15)27(3,22)23)14(20)11-7-26-19-13(11)17(21)25-2/h6-8H,4-5H2,1-3H3. The van der Waals surface area contributed by atoms with Crippen LogP contribution in [0.15, 0.2) is 21.7 Å². The first-order valence-electron chi connectivity index (χ1n) is 7.88. The smallest absolute Gasteiger partial charge is 0.361 e. The first-order valence-corrected chi connectivity index (χ1v) is 9.77. The Bertz CT molecular complexity index is 1040. The number of hydrogen-bond acceptors (Lipinski definition) is 8. The van der Waals surface area contributed by atoms with Gasteiger partial charge in [0.1, 0.15) is 11.2 Å². The maximum atomic E-state index is 14.8. The Morgan fingerprint density at radius 3 is 2.44 bits per heavy atom. The number of nitrogens with zero attached hydrogens (tertiary/aromatic N) is 1. The van der Waals surface area contributed by atoms with Gasteiger partial charge in [-0.25, -0.2) is 17.6 Å². The summed E-state index contributed by atoms with van der Waals surface area (Å²) < 4.78 is 53.6. The summed E-state index contributed by atoms with van der Waals surface area (Å²) in [6.07, 6.45) is 3.18. The quantitative estimate of drug-likeness (QED) is 0.538. The summed E-state index contributed by atoms with van der Waals surface area (Å²) in [6.45, 7) is 0. The molecule has 0 amide bonds. The van der Waals surface area contributed by atoms with Crippen molar-refractivity contribution in [1.29, 1.82) is 0 Å². The highest BCUT2D eigenvalue weighted by Crippen LogP contribution is 2.46. The molecule has 1 aliphatic rings. The molecule has 27 heavy (non-hydrogen) atoms. The van der Waals surface area contributed by atoms with Gasteiger partial charge in [0.05, 0.1) is 19.8 Å². The van der Waals surface area contributed by atoms with Gasteiger partial charge < -0.3 is 14.0 Å². The van der Waals surface area contributed by atoms with Crippen LogP contribution in [0.1, 0.15) is 50.7 Å². The van der Waals surface area contributed by atoms with Crippen LogP contribution in [0.5, 0.6) is 5.75 Å². The SMILES string of the molecule is COC(=O)c1nocc1C(=O)c1cc(C2CC2)c(F)c(OC)c1S(C)(=O)=O. The molecule has 1 fully saturated rings. The van der Waals surface area contributed by atoms with Crippen LogP contribution in [-0.4, -0.2) is 45.8 Å². The maximum absolute atomic E-state index is 14.8. The molecule has 0 N–H and O–H groups in total. The van der Waals surface area contributed by atoms with E-state index in [1.165, 1.54) is 6.07 Å². The minimum Gasteiger partial charge on any atom is -0.492 e. The first-order chi connectivity index (χ1) is 12.7. The summed E-state index contributed by atoms with van der Waals surface area (Å²) in [5.41, 5.74) is -0.815. The van der Waals surface area contributed by atoms with E-state index in [2.05, 4.69) is 14.4 Å². The molecule has 1 aromatic carbocycles. The van der Waals surface area contributed by atoms with Crippen molar-refractivity contribution in [2.75, 3.05) is 20.5 Å². The topological polar surface area (TPSA) is 113 Å². The molecule has 144 valence electrons. The van der Waals surface area contributed by atoms with Gasteiger partial charge in [0.15, 0.2) is 27.2 Å². The van der Waals surface area contributed by atoms with Crippen LogP contribution >= 0.6 is 0 Å². The van der Waals surface area contributed by atoms with Crippen molar-refractivity contribution in [1.82, 2.24) is 5.16 Å². The van der Waals surface area contributed by atoms with E-state index in [0.717, 1.165) is 26.7 Å². The molecule has 2 aromatic rings. The third kappa shape index (κ3) is 3.32. The monoisotopic (exact) mass is 397 g/mol. The summed E-state index contributed by atoms with van der Waals surface area (Å²) in [7, 11) is -1.83. The Balaban J connectivity index is 2.29. The van der Waals surface area contributed by atoms with Crippen LogP contribution in [0.25, 0.3) is 0 Å². The van der Waals surface area contributed by atoms with Crippen LogP contribution in [0.3, 0.4) is 0 Å². The van der Waals surface area contributed by atoms with Crippen molar-refractivity contribution >= 4 is 21.6 Å². The van der Waals surface area contributed by atoms with E-state index in [1.54, 1.807) is 0 Å². The maximum Gasteiger partial charge on any atom is 0.361 e. The molecule has 0 bridgehead atoms. The largest absolute Gasteiger partial charge is 0.492 e. The Labute approximate surface area is 154 Å². The second-order valence-electron chi connectivity index (χ2n) is 6.13. The van der Waals surface area contributed by atoms with E-state index >= 15 is 0 Å². The fraction of sp³-hybridized carbons (Fsp3) is 0.353. The third-order valence-corrected chi connectivity index (χ3v) is 5.38. The number of benzene rings is 1. The highest BCUT2D eigenvalue weighted by atomic mass is 32.2. The van der Waals surface area contributed by atoms with Crippen LogP contribution in [0, 0.1) is 5.82 Å². The number of carbonyl (C=O) groups is 2. The van der Waals surface area contributed by atoms with Crippen molar-refractivity contribution < 1.29 is 36.4 Å². The van der Waals surface area contributed by atoms with Crippen molar-refractivity contribution in [3.05, 3.63) is 40.5 Å². The minimum absolute atomic E-state index is 0.124. The molecule has 1 aliphatic carbocycles. The van der Waals surface area contributed by atoms with Gasteiger partial charge in [0.25, 0.3) is 0 Å². The highest BCUT2D eigenvalue weighted by Gasteiger charge is 2.36. The van der Waals surface area contributed by atoms with Crippen molar-refractivity contribution in [3.8, 4) is 5.75 Å². The van der Waals surface area contributed by atoms with Gasteiger partial charge in [-0.15, -0.1) is 0 Å². The summed E-state index contributed by atoms with van der Waals surface area (Å²) >= 11 is 0. The first kappa shape index (κ1) is 19.0. The van der Waals surface area contributed by atoms with Gasteiger partial charge >= 0.3 is 5.97 Å². The number of esters is 1. The lowest BCUT2D eigenvalue weighted by atomic mass is 9.98. The number of ether oxygens (including phenoxy) is 2. The number of rotatable bonds is 6. The van der Waals surface area contributed by atoms with E-state index in [1.807, 2.05) is 0 Å². The molecule has 0 unspecified atom stereocenters. The Hall–Kier alpha value is -2.75. The second-order valence-corrected chi connectivity index (χ2v) is 8.09. The molecule has 0 saturated heterocycles. The molecule has 0 radical (unpaired) electrons. The highest BCUT2D eigenvalue weighted by molar-refractivity contribution is 7.91. The Morgan fingerprint density at radius 1 is 1.26 bits per heavy atom. The summed E-state index contributed by atoms with van der Waals surface area (Å²) in [4.78, 5) is 24.2. The average Bonchev–Trinajstić information content (AvgIpc) is 3.34. The number of methoxy groups -OCH3 is 2. The zero-order valence-corrected chi connectivity index (χ0v) is 15.6. The van der Waals surface area contributed by atoms with Gasteiger partial charge in [-0.1, -0.05) is 5.16 Å². The number of carbonyl (C=O) groups excluding carboxylic acids is 2.